The molecule has 0 N–H and O–H groups in total. The van der Waals surface area contributed by atoms with Crippen molar-refractivity contribution < 1.29 is 4.74 Å². The van der Waals surface area contributed by atoms with Gasteiger partial charge in [0, 0.05) is 5.56 Å². The summed E-state index contributed by atoms with van der Waals surface area (Å²) in [4.78, 5) is 0. The van der Waals surface area contributed by atoms with Crippen LogP contribution in [0.25, 0.3) is 12.2 Å². The van der Waals surface area contributed by atoms with Gasteiger partial charge in [-0.25, -0.2) is 0 Å². The second-order valence-electron chi connectivity index (χ2n) is 4.70. The van der Waals surface area contributed by atoms with Gasteiger partial charge in [0.05, 0.1) is 0 Å². The topological polar surface area (TPSA) is 9.23 Å². The first-order valence-corrected chi connectivity index (χ1v) is 6.97. The van der Waals surface area contributed by atoms with Gasteiger partial charge in [-0.15, -0.1) is 0 Å². The summed E-state index contributed by atoms with van der Waals surface area (Å²) in [5.74, 6) is 1.70. The van der Waals surface area contributed by atoms with Crippen LogP contribution in [0.15, 0.2) is 84.9 Å². The van der Waals surface area contributed by atoms with Crippen molar-refractivity contribution in [3.05, 3.63) is 96.1 Å². The van der Waals surface area contributed by atoms with Crippen molar-refractivity contribution in [2.75, 3.05) is 0 Å². The van der Waals surface area contributed by atoms with Gasteiger partial charge in [0.1, 0.15) is 11.5 Å². The van der Waals surface area contributed by atoms with Crippen LogP contribution in [-0.2, 0) is 0 Å². The molecule has 0 fully saturated rings. The molecule has 0 radical (unpaired) electrons. The Kier molecular flexibility index (Phi) is 4.13. The van der Waals surface area contributed by atoms with Crippen molar-refractivity contribution in [2.45, 2.75) is 0 Å². The standard InChI is InChI=1S/C20H16O/c1-3-9-17(10-4-1)15-16-18-11-7-8-14-20(18)21-19-12-5-2-6-13-19/h1-16H. The maximum atomic E-state index is 5.95. The lowest BCUT2D eigenvalue weighted by Crippen LogP contribution is -1.86. The Balaban J connectivity index is 1.84. The quantitative estimate of drug-likeness (QED) is 0.558. The van der Waals surface area contributed by atoms with Crippen LogP contribution >= 0.6 is 0 Å². The Bertz CT molecular complexity index is 715. The molecular formula is C20H16O. The number of rotatable bonds is 4. The molecule has 0 aliphatic rings. The van der Waals surface area contributed by atoms with Gasteiger partial charge in [-0.05, 0) is 23.8 Å². The van der Waals surface area contributed by atoms with Crippen molar-refractivity contribution >= 4 is 12.2 Å². The molecule has 0 aliphatic carbocycles. The Morgan fingerprint density at radius 2 is 1.19 bits per heavy atom. The first-order chi connectivity index (χ1) is 10.4. The fraction of sp³-hybridized carbons (Fsp3) is 0. The molecule has 0 bridgehead atoms. The molecule has 3 aromatic rings. The molecule has 21 heavy (non-hydrogen) atoms. The van der Waals surface area contributed by atoms with E-state index >= 15 is 0 Å². The normalized spacial score (nSPS) is 10.7. The van der Waals surface area contributed by atoms with Crippen LogP contribution in [0.1, 0.15) is 11.1 Å². The van der Waals surface area contributed by atoms with E-state index in [0.29, 0.717) is 0 Å². The van der Waals surface area contributed by atoms with Crippen molar-refractivity contribution in [3.63, 3.8) is 0 Å². The fourth-order valence-corrected chi connectivity index (χ4v) is 2.08. The second kappa shape index (κ2) is 6.58. The predicted octanol–water partition coefficient (Wildman–Crippen LogP) is 5.65. The van der Waals surface area contributed by atoms with E-state index in [4.69, 9.17) is 4.74 Å². The fourth-order valence-electron chi connectivity index (χ4n) is 2.08. The summed E-state index contributed by atoms with van der Waals surface area (Å²) < 4.78 is 5.95. The average Bonchev–Trinajstić information content (AvgIpc) is 2.56. The molecule has 0 heterocycles. The second-order valence-corrected chi connectivity index (χ2v) is 4.70. The Hall–Kier alpha value is -2.80. The predicted molar refractivity (Wildman–Crippen MR) is 88.3 cm³/mol. The highest BCUT2D eigenvalue weighted by Gasteiger charge is 2.01. The van der Waals surface area contributed by atoms with Gasteiger partial charge in [-0.1, -0.05) is 78.9 Å². The molecule has 0 aromatic heterocycles. The lowest BCUT2D eigenvalue weighted by Gasteiger charge is -2.08. The van der Waals surface area contributed by atoms with Gasteiger partial charge in [0.15, 0.2) is 0 Å². The van der Waals surface area contributed by atoms with E-state index in [1.54, 1.807) is 0 Å². The van der Waals surface area contributed by atoms with Crippen LogP contribution in [0.4, 0.5) is 0 Å². The van der Waals surface area contributed by atoms with Gasteiger partial charge < -0.3 is 4.74 Å². The summed E-state index contributed by atoms with van der Waals surface area (Å²) in [6.45, 7) is 0. The molecule has 0 unspecified atom stereocenters. The molecule has 0 amide bonds. The molecule has 0 atom stereocenters. The molecule has 0 saturated heterocycles. The highest BCUT2D eigenvalue weighted by atomic mass is 16.5. The molecule has 3 aromatic carbocycles. The van der Waals surface area contributed by atoms with E-state index in [1.165, 1.54) is 5.56 Å². The van der Waals surface area contributed by atoms with E-state index in [-0.39, 0.29) is 0 Å². The number of hydrogen-bond donors (Lipinski definition) is 0. The van der Waals surface area contributed by atoms with Crippen LogP contribution in [-0.4, -0.2) is 0 Å². The van der Waals surface area contributed by atoms with Crippen LogP contribution < -0.4 is 4.74 Å². The third-order valence-corrected chi connectivity index (χ3v) is 3.14. The minimum absolute atomic E-state index is 0.845. The van der Waals surface area contributed by atoms with Crippen molar-refractivity contribution in [1.29, 1.82) is 0 Å². The third kappa shape index (κ3) is 3.61. The van der Waals surface area contributed by atoms with E-state index in [9.17, 15) is 0 Å². The number of hydrogen-bond acceptors (Lipinski definition) is 1. The first kappa shape index (κ1) is 13.2. The van der Waals surface area contributed by atoms with E-state index in [2.05, 4.69) is 30.4 Å². The molecule has 3 rings (SSSR count). The molecule has 1 heteroatoms. The Morgan fingerprint density at radius 3 is 1.95 bits per heavy atom. The lowest BCUT2D eigenvalue weighted by molar-refractivity contribution is 0.481. The number of benzene rings is 3. The zero-order valence-corrected chi connectivity index (χ0v) is 11.6. The summed E-state index contributed by atoms with van der Waals surface area (Å²) in [5, 5.41) is 0. The van der Waals surface area contributed by atoms with Crippen LogP contribution in [0.3, 0.4) is 0 Å². The first-order valence-electron chi connectivity index (χ1n) is 6.97. The zero-order chi connectivity index (χ0) is 14.3. The molecule has 0 spiro atoms. The van der Waals surface area contributed by atoms with Gasteiger partial charge in [-0.2, -0.15) is 0 Å². The molecular weight excluding hydrogens is 256 g/mol. The third-order valence-electron chi connectivity index (χ3n) is 3.14. The van der Waals surface area contributed by atoms with Gasteiger partial charge in [0.2, 0.25) is 0 Å². The van der Waals surface area contributed by atoms with Crippen LogP contribution in [0.2, 0.25) is 0 Å². The largest absolute Gasteiger partial charge is 0.457 e. The lowest BCUT2D eigenvalue weighted by atomic mass is 10.1. The minimum Gasteiger partial charge on any atom is -0.457 e. The summed E-state index contributed by atoms with van der Waals surface area (Å²) in [6, 6.07) is 28.1. The molecule has 1 nitrogen and oxygen atoms in total. The number of ether oxygens (including phenoxy) is 1. The highest BCUT2D eigenvalue weighted by molar-refractivity contribution is 5.72. The molecule has 102 valence electrons. The maximum Gasteiger partial charge on any atom is 0.134 e. The van der Waals surface area contributed by atoms with Crippen molar-refractivity contribution in [3.8, 4) is 11.5 Å². The monoisotopic (exact) mass is 272 g/mol. The number of para-hydroxylation sites is 2. The SMILES string of the molecule is C(=Cc1ccccc1Oc1ccccc1)c1ccccc1. The van der Waals surface area contributed by atoms with E-state index < -0.39 is 0 Å². The van der Waals surface area contributed by atoms with Gasteiger partial charge >= 0.3 is 0 Å². The summed E-state index contributed by atoms with van der Waals surface area (Å²) >= 11 is 0. The minimum atomic E-state index is 0.845. The van der Waals surface area contributed by atoms with Gasteiger partial charge in [0.25, 0.3) is 0 Å². The molecule has 0 aliphatic heterocycles. The highest BCUT2D eigenvalue weighted by Crippen LogP contribution is 2.26. The summed E-state index contributed by atoms with van der Waals surface area (Å²) in [6.07, 6.45) is 4.17. The maximum absolute atomic E-state index is 5.95. The zero-order valence-electron chi connectivity index (χ0n) is 11.6. The van der Waals surface area contributed by atoms with Crippen LogP contribution in [0.5, 0.6) is 11.5 Å². The van der Waals surface area contributed by atoms with Crippen molar-refractivity contribution in [2.24, 2.45) is 0 Å². The van der Waals surface area contributed by atoms with Crippen LogP contribution in [0, 0.1) is 0 Å². The average molecular weight is 272 g/mol. The Labute approximate surface area is 125 Å². The van der Waals surface area contributed by atoms with E-state index in [1.807, 2.05) is 66.7 Å². The molecule has 0 saturated carbocycles. The summed E-state index contributed by atoms with van der Waals surface area (Å²) in [7, 11) is 0. The smallest absolute Gasteiger partial charge is 0.134 e. The summed E-state index contributed by atoms with van der Waals surface area (Å²) in [5.41, 5.74) is 2.23. The van der Waals surface area contributed by atoms with Gasteiger partial charge in [-0.3, -0.25) is 0 Å². The van der Waals surface area contributed by atoms with Crippen molar-refractivity contribution in [1.82, 2.24) is 0 Å². The Morgan fingerprint density at radius 1 is 0.571 bits per heavy atom. The van der Waals surface area contributed by atoms with E-state index in [0.717, 1.165) is 17.1 Å².